The Kier molecular flexibility index (Phi) is 8.91. The Morgan fingerprint density at radius 1 is 0.841 bits per heavy atom. The molecule has 2 bridgehead atoms. The maximum Gasteiger partial charge on any atom is 0.104 e. The minimum absolute atomic E-state index is 0.0237. The maximum atomic E-state index is 6.43. The van der Waals surface area contributed by atoms with E-state index in [1.54, 1.807) is 5.56 Å². The summed E-state index contributed by atoms with van der Waals surface area (Å²) in [4.78, 5) is 2.51. The molecule has 0 unspecified atom stereocenters. The van der Waals surface area contributed by atoms with Gasteiger partial charge in [0.1, 0.15) is 5.76 Å². The van der Waals surface area contributed by atoms with Gasteiger partial charge in [0.25, 0.3) is 0 Å². The van der Waals surface area contributed by atoms with Gasteiger partial charge in [0.15, 0.2) is 0 Å². The normalized spacial score (nSPS) is 25.7. The van der Waals surface area contributed by atoms with Gasteiger partial charge in [-0.3, -0.25) is 4.90 Å². The van der Waals surface area contributed by atoms with Gasteiger partial charge in [0.05, 0.1) is 17.6 Å². The fourth-order valence-electron chi connectivity index (χ4n) is 9.87. The van der Waals surface area contributed by atoms with Crippen molar-refractivity contribution in [1.82, 2.24) is 4.90 Å². The minimum Gasteiger partial charge on any atom is -0.498 e. The second-order valence-electron chi connectivity index (χ2n) is 14.4. The minimum atomic E-state index is -0.119. The van der Waals surface area contributed by atoms with E-state index in [9.17, 15) is 0 Å². The highest BCUT2D eigenvalue weighted by molar-refractivity contribution is 5.88. The summed E-state index contributed by atoms with van der Waals surface area (Å²) in [6.07, 6.45) is 29.0. The molecule has 0 amide bonds. The lowest BCUT2D eigenvalue weighted by molar-refractivity contribution is 0.0759. The van der Waals surface area contributed by atoms with E-state index in [0.29, 0.717) is 5.92 Å². The van der Waals surface area contributed by atoms with Crippen molar-refractivity contribution in [2.24, 2.45) is 11.3 Å². The molecule has 2 aromatic carbocycles. The van der Waals surface area contributed by atoms with E-state index in [0.717, 1.165) is 12.2 Å². The van der Waals surface area contributed by atoms with Crippen molar-refractivity contribution in [2.45, 2.75) is 122 Å². The Bertz CT molecular complexity index is 1460. The van der Waals surface area contributed by atoms with Crippen LogP contribution in [0.5, 0.6) is 0 Å². The summed E-state index contributed by atoms with van der Waals surface area (Å²) in [6.45, 7) is 7.51. The fourth-order valence-corrected chi connectivity index (χ4v) is 9.87. The molecule has 0 heterocycles. The van der Waals surface area contributed by atoms with Gasteiger partial charge < -0.3 is 4.74 Å². The molecule has 0 aromatic heterocycles. The van der Waals surface area contributed by atoms with Gasteiger partial charge in [0.2, 0.25) is 0 Å². The third-order valence-corrected chi connectivity index (χ3v) is 11.9. The van der Waals surface area contributed by atoms with Crippen LogP contribution in [0.15, 0.2) is 54.3 Å². The van der Waals surface area contributed by atoms with E-state index in [1.807, 2.05) is 0 Å². The third-order valence-electron chi connectivity index (χ3n) is 11.9. The summed E-state index contributed by atoms with van der Waals surface area (Å²) in [5.74, 6) is 4.76. The van der Waals surface area contributed by atoms with Crippen LogP contribution in [0.2, 0.25) is 0 Å². The maximum absolute atomic E-state index is 6.43. The van der Waals surface area contributed by atoms with Crippen LogP contribution in [-0.2, 0) is 10.2 Å². The lowest BCUT2D eigenvalue weighted by Gasteiger charge is -2.44. The molecule has 2 aromatic rings. The average Bonchev–Trinajstić information content (AvgIpc) is 3.61. The van der Waals surface area contributed by atoms with Crippen molar-refractivity contribution in [3.63, 3.8) is 0 Å². The Morgan fingerprint density at radius 3 is 2.16 bits per heavy atom. The van der Waals surface area contributed by atoms with Gasteiger partial charge in [-0.2, -0.15) is 0 Å². The van der Waals surface area contributed by atoms with Crippen molar-refractivity contribution in [1.29, 1.82) is 0 Å². The average molecular weight is 590 g/mol. The molecule has 0 spiro atoms. The van der Waals surface area contributed by atoms with Gasteiger partial charge in [-0.1, -0.05) is 108 Å². The van der Waals surface area contributed by atoms with Crippen LogP contribution in [0, 0.1) is 23.7 Å². The molecular weight excluding hydrogens is 534 g/mol. The first kappa shape index (κ1) is 31.2. The Hall–Kier alpha value is -2.76. The molecule has 1 saturated carbocycles. The van der Waals surface area contributed by atoms with Crippen molar-refractivity contribution in [3.8, 4) is 23.5 Å². The van der Waals surface area contributed by atoms with Gasteiger partial charge in [-0.05, 0) is 104 Å². The third kappa shape index (κ3) is 4.72. The first-order valence-electron chi connectivity index (χ1n) is 17.9. The summed E-state index contributed by atoms with van der Waals surface area (Å²) < 4.78 is 6.43. The van der Waals surface area contributed by atoms with Crippen LogP contribution in [0.1, 0.15) is 133 Å². The van der Waals surface area contributed by atoms with E-state index in [2.05, 4.69) is 94.2 Å². The van der Waals surface area contributed by atoms with E-state index >= 15 is 0 Å². The number of benzene rings is 2. The molecule has 4 aliphatic carbocycles. The van der Waals surface area contributed by atoms with Crippen LogP contribution in [0.25, 0.3) is 16.7 Å². The number of ether oxygens (including phenoxy) is 1. The number of hydrogen-bond donors (Lipinski definition) is 0. The molecule has 6 rings (SSSR count). The molecule has 2 nitrogen and oxygen atoms in total. The highest BCUT2D eigenvalue weighted by Gasteiger charge is 2.65. The molecular formula is C42H55NO. The first-order valence-corrected chi connectivity index (χ1v) is 17.9. The van der Waals surface area contributed by atoms with Crippen LogP contribution in [0.3, 0.4) is 0 Å². The predicted octanol–water partition coefficient (Wildman–Crippen LogP) is 10.7. The molecule has 3 atom stereocenters. The first-order chi connectivity index (χ1) is 21.4. The van der Waals surface area contributed by atoms with Crippen LogP contribution in [0.4, 0.5) is 0 Å². The Morgan fingerprint density at radius 2 is 1.52 bits per heavy atom. The van der Waals surface area contributed by atoms with Crippen LogP contribution in [-0.4, -0.2) is 31.1 Å². The number of rotatable bonds is 14. The zero-order valence-electron chi connectivity index (χ0n) is 28.2. The molecule has 44 heavy (non-hydrogen) atoms. The standard InChI is InChI=1S/C42H55NO/c1-7-11-13-16-24-40(25-17-14-12-8-2)35-27-31(9-3)20-22-33(35)34-23-21-32(28-36(34)40)37-29-41-26-18-15-19-38(41)42(37,43(5)6)30-39(41)44-10-4/h3,20-23,27-30,38H,7-8,10-19,24-26H2,1-2,4-6H3/t38-,41-,42-/m1/s1. The zero-order chi connectivity index (χ0) is 31.0. The van der Waals surface area contributed by atoms with Crippen LogP contribution >= 0.6 is 0 Å². The monoisotopic (exact) mass is 589 g/mol. The SMILES string of the molecule is C#Cc1ccc2c(c1)C(CCCCCC)(CCCCCC)c1cc(C3=C[C@]45CCCC[C@H]4[C@@]3(N(C)C)C=C5OCC)ccc1-2. The highest BCUT2D eigenvalue weighted by atomic mass is 16.5. The molecule has 0 saturated heterocycles. The van der Waals surface area contributed by atoms with Crippen LogP contribution < -0.4 is 0 Å². The number of fused-ring (bicyclic) bond motifs is 3. The summed E-state index contributed by atoms with van der Waals surface area (Å²) in [5.41, 5.74) is 9.76. The summed E-state index contributed by atoms with van der Waals surface area (Å²) >= 11 is 0. The quantitative estimate of drug-likeness (QED) is 0.161. The van der Waals surface area contributed by atoms with Crippen molar-refractivity contribution in [2.75, 3.05) is 20.7 Å². The van der Waals surface area contributed by atoms with Gasteiger partial charge in [-0.25, -0.2) is 0 Å². The number of likely N-dealkylation sites (N-methyl/N-ethyl adjacent to an activating group) is 1. The molecule has 0 aliphatic heterocycles. The highest BCUT2D eigenvalue weighted by Crippen LogP contribution is 2.68. The van der Waals surface area contributed by atoms with Crippen molar-refractivity contribution in [3.05, 3.63) is 76.6 Å². The summed E-state index contributed by atoms with van der Waals surface area (Å²) in [7, 11) is 4.58. The van der Waals surface area contributed by atoms with Crippen molar-refractivity contribution < 1.29 is 4.74 Å². The molecule has 0 N–H and O–H groups in total. The molecule has 4 aliphatic rings. The van der Waals surface area contributed by atoms with Gasteiger partial charge >= 0.3 is 0 Å². The molecule has 234 valence electrons. The lowest BCUT2D eigenvalue weighted by atomic mass is 9.66. The second-order valence-corrected chi connectivity index (χ2v) is 14.4. The van der Waals surface area contributed by atoms with Crippen molar-refractivity contribution >= 4 is 5.57 Å². The summed E-state index contributed by atoms with van der Waals surface area (Å²) in [6, 6.07) is 14.4. The van der Waals surface area contributed by atoms with Gasteiger partial charge in [0, 0.05) is 16.9 Å². The van der Waals surface area contributed by atoms with E-state index in [4.69, 9.17) is 11.2 Å². The Balaban J connectivity index is 1.50. The number of terminal acetylenes is 1. The largest absolute Gasteiger partial charge is 0.498 e. The van der Waals surface area contributed by atoms with Gasteiger partial charge in [-0.15, -0.1) is 6.42 Å². The predicted molar refractivity (Wildman–Crippen MR) is 187 cm³/mol. The number of unbranched alkanes of at least 4 members (excludes halogenated alkanes) is 6. The smallest absolute Gasteiger partial charge is 0.104 e. The fraction of sp³-hybridized carbons (Fsp3) is 0.571. The lowest BCUT2D eigenvalue weighted by Crippen LogP contribution is -2.48. The summed E-state index contributed by atoms with van der Waals surface area (Å²) in [5, 5.41) is 0. The molecule has 2 heteroatoms. The van der Waals surface area contributed by atoms with E-state index in [1.165, 1.54) is 123 Å². The molecule has 0 radical (unpaired) electrons. The molecule has 1 fully saturated rings. The Labute approximate surface area is 268 Å². The van der Waals surface area contributed by atoms with E-state index in [-0.39, 0.29) is 16.4 Å². The van der Waals surface area contributed by atoms with E-state index < -0.39 is 0 Å². The topological polar surface area (TPSA) is 12.5 Å². The zero-order valence-corrected chi connectivity index (χ0v) is 28.2. The number of hydrogen-bond acceptors (Lipinski definition) is 2. The second kappa shape index (κ2) is 12.6. The number of nitrogens with zero attached hydrogens (tertiary/aromatic N) is 1. The number of allylic oxidation sites excluding steroid dienone is 1.